The first kappa shape index (κ1) is 10.6. The van der Waals surface area contributed by atoms with E-state index in [4.69, 9.17) is 10.2 Å². The Balaban J connectivity index is 3.61. The van der Waals surface area contributed by atoms with Gasteiger partial charge in [0.05, 0.1) is 6.04 Å². The van der Waals surface area contributed by atoms with Gasteiger partial charge in [-0.2, -0.15) is 0 Å². The molecule has 0 aliphatic rings. The minimum absolute atomic E-state index is 0.0610. The van der Waals surface area contributed by atoms with Gasteiger partial charge in [-0.1, -0.05) is 0 Å². The van der Waals surface area contributed by atoms with Gasteiger partial charge in [0.15, 0.2) is 6.29 Å². The summed E-state index contributed by atoms with van der Waals surface area (Å²) >= 11 is 0. The lowest BCUT2D eigenvalue weighted by Gasteiger charge is -2.16. The van der Waals surface area contributed by atoms with E-state index >= 15 is 0 Å². The summed E-state index contributed by atoms with van der Waals surface area (Å²) in [7, 11) is 1.63. The van der Waals surface area contributed by atoms with Gasteiger partial charge in [-0.3, -0.25) is 0 Å². The third-order valence-electron chi connectivity index (χ3n) is 1.54. The zero-order valence-corrected chi connectivity index (χ0v) is 6.87. The molecule has 0 aliphatic heterocycles. The van der Waals surface area contributed by atoms with Gasteiger partial charge in [0.1, 0.15) is 5.78 Å². The zero-order chi connectivity index (χ0) is 8.85. The lowest BCUT2D eigenvalue weighted by atomic mass is 10.1. The summed E-state index contributed by atoms with van der Waals surface area (Å²) in [5.74, 6) is 0.0610. The number of ketones is 1. The number of hydrogen-bond acceptors (Lipinski definition) is 4. The molecule has 0 saturated carbocycles. The third-order valence-corrected chi connectivity index (χ3v) is 1.54. The van der Waals surface area contributed by atoms with Gasteiger partial charge < -0.3 is 20.3 Å². The molecule has 0 heterocycles. The molecule has 3 N–H and O–H groups in total. The highest BCUT2D eigenvalue weighted by molar-refractivity contribution is 5.75. The topological polar surface area (TPSA) is 69.6 Å². The number of likely N-dealkylation sites (N-methyl/N-ethyl adjacent to an activating group) is 1. The number of hydrogen-bond donors (Lipinski definition) is 3. The summed E-state index contributed by atoms with van der Waals surface area (Å²) in [5.41, 5.74) is 0. The Labute approximate surface area is 66.2 Å². The van der Waals surface area contributed by atoms with Gasteiger partial charge in [-0.15, -0.1) is 0 Å². The summed E-state index contributed by atoms with van der Waals surface area (Å²) in [6.45, 7) is 1.48. The molecule has 0 aromatic carbocycles. The van der Waals surface area contributed by atoms with Crippen molar-refractivity contribution in [2.75, 3.05) is 7.05 Å². The average Bonchev–Trinajstić information content (AvgIpc) is 1.87. The number of nitrogens with one attached hydrogen (secondary N) is 1. The van der Waals surface area contributed by atoms with Crippen LogP contribution in [0.5, 0.6) is 0 Å². The maximum absolute atomic E-state index is 10.5. The number of aliphatic hydroxyl groups is 2. The van der Waals surface area contributed by atoms with Gasteiger partial charge in [0.25, 0.3) is 0 Å². The number of carbonyl (C=O) groups excluding carboxylic acids is 1. The highest BCUT2D eigenvalue weighted by Crippen LogP contribution is 2.00. The number of aliphatic hydroxyl groups excluding tert-OH is 1. The summed E-state index contributed by atoms with van der Waals surface area (Å²) in [5, 5.41) is 20.1. The maximum Gasteiger partial charge on any atom is 0.167 e. The molecule has 0 fully saturated rings. The molecule has 0 spiro atoms. The first-order chi connectivity index (χ1) is 5.07. The quantitative estimate of drug-likeness (QED) is 0.464. The Hall–Kier alpha value is -0.450. The second kappa shape index (κ2) is 5.23. The Kier molecular flexibility index (Phi) is 5.02. The molecule has 0 rings (SSSR count). The van der Waals surface area contributed by atoms with Crippen LogP contribution in [0.15, 0.2) is 0 Å². The van der Waals surface area contributed by atoms with Crippen LogP contribution in [0.25, 0.3) is 0 Å². The standard InChI is InChI=1S/C7H15NO3/c1-5(9)3-4-6(8-2)7(10)11/h6-8,10-11H,3-4H2,1-2H3/t6-/m0/s1. The van der Waals surface area contributed by atoms with Gasteiger partial charge in [-0.25, -0.2) is 0 Å². The van der Waals surface area contributed by atoms with E-state index in [2.05, 4.69) is 5.32 Å². The van der Waals surface area contributed by atoms with Crippen LogP contribution in [0.4, 0.5) is 0 Å². The first-order valence-electron chi connectivity index (χ1n) is 3.60. The molecule has 1 atom stereocenters. The largest absolute Gasteiger partial charge is 0.367 e. The van der Waals surface area contributed by atoms with Crippen LogP contribution >= 0.6 is 0 Å². The van der Waals surface area contributed by atoms with Crippen molar-refractivity contribution in [2.45, 2.75) is 32.1 Å². The molecular formula is C7H15NO3. The van der Waals surface area contributed by atoms with Gasteiger partial charge in [0, 0.05) is 6.42 Å². The molecule has 0 amide bonds. The van der Waals surface area contributed by atoms with E-state index in [1.807, 2.05) is 0 Å². The van der Waals surface area contributed by atoms with Gasteiger partial charge in [0.2, 0.25) is 0 Å². The van der Waals surface area contributed by atoms with Crippen molar-refractivity contribution in [3.8, 4) is 0 Å². The number of Topliss-reactive ketones (excluding diaryl/α,β-unsaturated/α-hetero) is 1. The van der Waals surface area contributed by atoms with E-state index < -0.39 is 12.3 Å². The fourth-order valence-corrected chi connectivity index (χ4v) is 0.801. The predicted molar refractivity (Wildman–Crippen MR) is 41.0 cm³/mol. The van der Waals surface area contributed by atoms with Crippen LogP contribution in [-0.4, -0.2) is 35.4 Å². The van der Waals surface area contributed by atoms with Crippen molar-refractivity contribution in [2.24, 2.45) is 0 Å². The van der Waals surface area contributed by atoms with Crippen LogP contribution in [0.1, 0.15) is 19.8 Å². The summed E-state index contributed by atoms with van der Waals surface area (Å²) in [4.78, 5) is 10.5. The van der Waals surface area contributed by atoms with Crippen molar-refractivity contribution in [3.05, 3.63) is 0 Å². The first-order valence-corrected chi connectivity index (χ1v) is 3.60. The second-order valence-electron chi connectivity index (χ2n) is 2.55. The number of rotatable bonds is 5. The molecule has 0 saturated heterocycles. The Morgan fingerprint density at radius 1 is 1.55 bits per heavy atom. The van der Waals surface area contributed by atoms with E-state index in [1.165, 1.54) is 6.92 Å². The summed E-state index contributed by atoms with van der Waals surface area (Å²) in [6.07, 6.45) is -0.550. The molecular weight excluding hydrogens is 146 g/mol. The Morgan fingerprint density at radius 3 is 2.36 bits per heavy atom. The van der Waals surface area contributed by atoms with E-state index in [0.717, 1.165) is 0 Å². The van der Waals surface area contributed by atoms with Crippen LogP contribution in [-0.2, 0) is 4.79 Å². The molecule has 0 unspecified atom stereocenters. The van der Waals surface area contributed by atoms with Crippen LogP contribution in [0.2, 0.25) is 0 Å². The van der Waals surface area contributed by atoms with Crippen LogP contribution in [0, 0.1) is 0 Å². The minimum atomic E-state index is -1.39. The zero-order valence-electron chi connectivity index (χ0n) is 6.87. The lowest BCUT2D eigenvalue weighted by Crippen LogP contribution is -2.37. The fourth-order valence-electron chi connectivity index (χ4n) is 0.801. The molecule has 0 aromatic rings. The fraction of sp³-hybridized carbons (Fsp3) is 0.857. The summed E-state index contributed by atoms with van der Waals surface area (Å²) in [6, 6.07) is -0.404. The molecule has 0 bridgehead atoms. The van der Waals surface area contributed by atoms with Gasteiger partial charge >= 0.3 is 0 Å². The molecule has 11 heavy (non-hydrogen) atoms. The Bertz CT molecular complexity index is 125. The average molecular weight is 161 g/mol. The lowest BCUT2D eigenvalue weighted by molar-refractivity contribution is -0.117. The van der Waals surface area contributed by atoms with Crippen LogP contribution < -0.4 is 5.32 Å². The van der Waals surface area contributed by atoms with E-state index in [-0.39, 0.29) is 5.78 Å². The highest BCUT2D eigenvalue weighted by Gasteiger charge is 2.13. The molecule has 0 aromatic heterocycles. The highest BCUT2D eigenvalue weighted by atomic mass is 16.5. The smallest absolute Gasteiger partial charge is 0.167 e. The SMILES string of the molecule is CN[C@@H](CCC(C)=O)C(O)O. The second-order valence-corrected chi connectivity index (χ2v) is 2.55. The van der Waals surface area contributed by atoms with Crippen molar-refractivity contribution < 1.29 is 15.0 Å². The van der Waals surface area contributed by atoms with E-state index in [1.54, 1.807) is 7.05 Å². The maximum atomic E-state index is 10.5. The van der Waals surface area contributed by atoms with Crippen molar-refractivity contribution in [1.82, 2.24) is 5.32 Å². The van der Waals surface area contributed by atoms with E-state index in [9.17, 15) is 4.79 Å². The minimum Gasteiger partial charge on any atom is -0.367 e. The monoisotopic (exact) mass is 161 g/mol. The normalized spacial score (nSPS) is 13.5. The Morgan fingerprint density at radius 2 is 2.09 bits per heavy atom. The number of carbonyl (C=O) groups is 1. The van der Waals surface area contributed by atoms with Gasteiger partial charge in [-0.05, 0) is 20.4 Å². The molecule has 66 valence electrons. The molecule has 0 aliphatic carbocycles. The molecule has 4 nitrogen and oxygen atoms in total. The van der Waals surface area contributed by atoms with Crippen molar-refractivity contribution in [1.29, 1.82) is 0 Å². The molecule has 0 radical (unpaired) electrons. The summed E-state index contributed by atoms with van der Waals surface area (Å²) < 4.78 is 0. The van der Waals surface area contributed by atoms with Crippen molar-refractivity contribution in [3.63, 3.8) is 0 Å². The predicted octanol–water partition coefficient (Wildman–Crippen LogP) is -0.746. The van der Waals surface area contributed by atoms with E-state index in [0.29, 0.717) is 12.8 Å². The third kappa shape index (κ3) is 4.89. The molecule has 4 heteroatoms. The van der Waals surface area contributed by atoms with Crippen molar-refractivity contribution >= 4 is 5.78 Å². The van der Waals surface area contributed by atoms with Crippen LogP contribution in [0.3, 0.4) is 0 Å².